The summed E-state index contributed by atoms with van der Waals surface area (Å²) in [5, 5.41) is 4.50. The average Bonchev–Trinajstić information content (AvgIpc) is 3.06. The van der Waals surface area contributed by atoms with Gasteiger partial charge in [0.15, 0.2) is 0 Å². The highest BCUT2D eigenvalue weighted by Crippen LogP contribution is 2.32. The Balaban J connectivity index is 1.93. The third-order valence-electron chi connectivity index (χ3n) is 3.66. The summed E-state index contributed by atoms with van der Waals surface area (Å²) in [6.45, 7) is 3.91. The molecule has 0 bridgehead atoms. The van der Waals surface area contributed by atoms with E-state index < -0.39 is 17.6 Å². The van der Waals surface area contributed by atoms with Gasteiger partial charge in [0, 0.05) is 11.7 Å². The summed E-state index contributed by atoms with van der Waals surface area (Å²) < 4.78 is 41.2. The predicted molar refractivity (Wildman–Crippen MR) is 89.6 cm³/mol. The van der Waals surface area contributed by atoms with Crippen molar-refractivity contribution in [3.05, 3.63) is 53.0 Å². The Morgan fingerprint density at radius 2 is 1.96 bits per heavy atom. The van der Waals surface area contributed by atoms with Gasteiger partial charge in [-0.1, -0.05) is 6.07 Å². The van der Waals surface area contributed by atoms with E-state index in [0.717, 1.165) is 22.3 Å². The van der Waals surface area contributed by atoms with Gasteiger partial charge < -0.3 is 9.88 Å². The van der Waals surface area contributed by atoms with Crippen LogP contribution >= 0.6 is 11.3 Å². The minimum Gasteiger partial charge on any atom is -0.333 e. The molecule has 0 fully saturated rings. The molecule has 0 saturated carbocycles. The van der Waals surface area contributed by atoms with Gasteiger partial charge in [-0.2, -0.15) is 13.2 Å². The molecule has 3 rings (SSSR count). The number of hydrogen-bond acceptors (Lipinski definition) is 2. The SMILES string of the molecule is CC(C)n1c(C(=O)Nc2cccc(C(F)(F)F)c2)cc2sccc21. The maximum Gasteiger partial charge on any atom is 0.416 e. The molecule has 0 saturated heterocycles. The summed E-state index contributed by atoms with van der Waals surface area (Å²) in [6, 6.07) is 8.38. The lowest BCUT2D eigenvalue weighted by Crippen LogP contribution is -2.18. The van der Waals surface area contributed by atoms with Crippen LogP contribution in [0.3, 0.4) is 0 Å². The van der Waals surface area contributed by atoms with Crippen LogP contribution in [-0.2, 0) is 6.18 Å². The molecule has 24 heavy (non-hydrogen) atoms. The molecule has 0 aliphatic rings. The monoisotopic (exact) mass is 352 g/mol. The fraction of sp³-hybridized carbons (Fsp3) is 0.235. The number of rotatable bonds is 3. The first kappa shape index (κ1) is 16.6. The van der Waals surface area contributed by atoms with Crippen molar-refractivity contribution >= 4 is 33.1 Å². The second-order valence-electron chi connectivity index (χ2n) is 5.70. The van der Waals surface area contributed by atoms with Crippen molar-refractivity contribution in [3.8, 4) is 0 Å². The number of nitrogens with zero attached hydrogens (tertiary/aromatic N) is 1. The standard InChI is InChI=1S/C17H15F3N2OS/c1-10(2)22-13-6-7-24-15(13)9-14(22)16(23)21-12-5-3-4-11(8-12)17(18,19)20/h3-10H,1-2H3,(H,21,23). The van der Waals surface area contributed by atoms with E-state index in [1.165, 1.54) is 23.5 Å². The van der Waals surface area contributed by atoms with Gasteiger partial charge >= 0.3 is 6.18 Å². The highest BCUT2D eigenvalue weighted by Gasteiger charge is 2.30. The van der Waals surface area contributed by atoms with Crippen LogP contribution in [0.25, 0.3) is 10.2 Å². The second kappa shape index (κ2) is 5.98. The molecular weight excluding hydrogens is 337 g/mol. The third kappa shape index (κ3) is 3.03. The zero-order chi connectivity index (χ0) is 17.5. The second-order valence-corrected chi connectivity index (χ2v) is 6.64. The van der Waals surface area contributed by atoms with Crippen molar-refractivity contribution in [2.75, 3.05) is 5.32 Å². The molecule has 3 nitrogen and oxygen atoms in total. The maximum absolute atomic E-state index is 12.8. The Labute approximate surface area is 140 Å². The van der Waals surface area contributed by atoms with Crippen molar-refractivity contribution in [2.45, 2.75) is 26.1 Å². The number of halogens is 3. The van der Waals surface area contributed by atoms with Crippen LogP contribution in [0.4, 0.5) is 18.9 Å². The molecular formula is C17H15F3N2OS. The summed E-state index contributed by atoms with van der Waals surface area (Å²) in [5.41, 5.74) is 0.712. The van der Waals surface area contributed by atoms with Crippen LogP contribution in [0.2, 0.25) is 0 Å². The lowest BCUT2D eigenvalue weighted by Gasteiger charge is -2.14. The Kier molecular flexibility index (Phi) is 4.13. The number of hydrogen-bond donors (Lipinski definition) is 1. The molecule has 7 heteroatoms. The first-order valence-electron chi connectivity index (χ1n) is 7.34. The number of anilines is 1. The van der Waals surface area contributed by atoms with Gasteiger partial charge in [-0.25, -0.2) is 0 Å². The third-order valence-corrected chi connectivity index (χ3v) is 4.51. The van der Waals surface area contributed by atoms with Gasteiger partial charge in [0.25, 0.3) is 5.91 Å². The lowest BCUT2D eigenvalue weighted by atomic mass is 10.2. The van der Waals surface area contributed by atoms with E-state index in [-0.39, 0.29) is 11.7 Å². The summed E-state index contributed by atoms with van der Waals surface area (Å²) >= 11 is 1.52. The summed E-state index contributed by atoms with van der Waals surface area (Å²) in [6.07, 6.45) is -4.44. The molecule has 0 atom stereocenters. The minimum atomic E-state index is -4.44. The average molecular weight is 352 g/mol. The van der Waals surface area contributed by atoms with E-state index in [4.69, 9.17) is 0 Å². The quantitative estimate of drug-likeness (QED) is 0.658. The highest BCUT2D eigenvalue weighted by atomic mass is 32.1. The van der Waals surface area contributed by atoms with E-state index in [9.17, 15) is 18.0 Å². The molecule has 0 aliphatic heterocycles. The zero-order valence-electron chi connectivity index (χ0n) is 13.0. The van der Waals surface area contributed by atoms with E-state index in [1.54, 1.807) is 6.07 Å². The van der Waals surface area contributed by atoms with Crippen molar-refractivity contribution in [2.24, 2.45) is 0 Å². The van der Waals surface area contributed by atoms with Gasteiger partial charge in [-0.05, 0) is 49.6 Å². The van der Waals surface area contributed by atoms with Gasteiger partial charge in [0.05, 0.1) is 15.8 Å². The molecule has 0 aliphatic carbocycles. The van der Waals surface area contributed by atoms with E-state index in [1.807, 2.05) is 29.9 Å². The Hall–Kier alpha value is -2.28. The molecule has 0 spiro atoms. The summed E-state index contributed by atoms with van der Waals surface area (Å²) in [4.78, 5) is 12.6. The van der Waals surface area contributed by atoms with Crippen LogP contribution in [-0.4, -0.2) is 10.5 Å². The molecule has 1 N–H and O–H groups in total. The molecule has 1 amide bonds. The predicted octanol–water partition coefficient (Wildman–Crippen LogP) is 5.55. The number of alkyl halides is 3. The fourth-order valence-corrected chi connectivity index (χ4v) is 3.45. The Morgan fingerprint density at radius 3 is 2.62 bits per heavy atom. The van der Waals surface area contributed by atoms with Gasteiger partial charge in [-0.15, -0.1) is 11.3 Å². The van der Waals surface area contributed by atoms with Gasteiger partial charge in [0.1, 0.15) is 5.69 Å². The van der Waals surface area contributed by atoms with Gasteiger partial charge in [-0.3, -0.25) is 4.79 Å². The van der Waals surface area contributed by atoms with E-state index in [2.05, 4.69) is 5.32 Å². The Morgan fingerprint density at radius 1 is 1.21 bits per heavy atom. The maximum atomic E-state index is 12.8. The molecule has 2 aromatic heterocycles. The van der Waals surface area contributed by atoms with Crippen molar-refractivity contribution < 1.29 is 18.0 Å². The fourth-order valence-electron chi connectivity index (χ4n) is 2.64. The lowest BCUT2D eigenvalue weighted by molar-refractivity contribution is -0.137. The van der Waals surface area contributed by atoms with E-state index >= 15 is 0 Å². The molecule has 3 aromatic rings. The molecule has 126 valence electrons. The van der Waals surface area contributed by atoms with Crippen LogP contribution in [0.1, 0.15) is 35.9 Å². The largest absolute Gasteiger partial charge is 0.416 e. The van der Waals surface area contributed by atoms with Crippen molar-refractivity contribution in [1.82, 2.24) is 4.57 Å². The number of fused-ring (bicyclic) bond motifs is 1. The smallest absolute Gasteiger partial charge is 0.333 e. The Bertz CT molecular complexity index is 893. The van der Waals surface area contributed by atoms with Crippen LogP contribution in [0.5, 0.6) is 0 Å². The highest BCUT2D eigenvalue weighted by molar-refractivity contribution is 7.17. The van der Waals surface area contributed by atoms with Crippen LogP contribution < -0.4 is 5.32 Å². The number of nitrogens with one attached hydrogen (secondary N) is 1. The summed E-state index contributed by atoms with van der Waals surface area (Å²) in [7, 11) is 0. The van der Waals surface area contributed by atoms with Crippen molar-refractivity contribution in [3.63, 3.8) is 0 Å². The number of thiophene rings is 1. The topological polar surface area (TPSA) is 34.0 Å². The van der Waals surface area contributed by atoms with Crippen molar-refractivity contribution in [1.29, 1.82) is 0 Å². The number of amides is 1. The number of carbonyl (C=O) groups is 1. The van der Waals surface area contributed by atoms with Gasteiger partial charge in [0.2, 0.25) is 0 Å². The van der Waals surface area contributed by atoms with E-state index in [0.29, 0.717) is 5.69 Å². The summed E-state index contributed by atoms with van der Waals surface area (Å²) in [5.74, 6) is -0.425. The van der Waals surface area contributed by atoms with Crippen LogP contribution in [0.15, 0.2) is 41.8 Å². The normalized spacial score (nSPS) is 12.1. The number of benzene rings is 1. The molecule has 0 radical (unpaired) electrons. The van der Waals surface area contributed by atoms with Crippen LogP contribution in [0, 0.1) is 0 Å². The zero-order valence-corrected chi connectivity index (χ0v) is 13.8. The molecule has 2 heterocycles. The number of carbonyl (C=O) groups excluding carboxylic acids is 1. The minimum absolute atomic E-state index is 0.0550. The first-order valence-corrected chi connectivity index (χ1v) is 8.22. The molecule has 1 aromatic carbocycles. The first-order chi connectivity index (χ1) is 11.3. The number of aromatic nitrogens is 1. The molecule has 0 unspecified atom stereocenters.